The lowest BCUT2D eigenvalue weighted by molar-refractivity contribution is 0.0903. The molecule has 3 aromatic heterocycles. The first-order chi connectivity index (χ1) is 14.8. The molecule has 1 aliphatic rings. The molecule has 0 aliphatic carbocycles. The number of fused-ring (bicyclic) bond motifs is 1. The maximum Gasteiger partial charge on any atom is 0.223 e. The van der Waals surface area contributed by atoms with Crippen LogP contribution in [0.25, 0.3) is 17.0 Å². The van der Waals surface area contributed by atoms with E-state index in [1.54, 1.807) is 12.5 Å². The fourth-order valence-electron chi connectivity index (χ4n) is 3.51. The summed E-state index contributed by atoms with van der Waals surface area (Å²) in [6, 6.07) is 11.8. The maximum atomic E-state index is 6.28. The van der Waals surface area contributed by atoms with Gasteiger partial charge in [-0.15, -0.1) is 10.2 Å². The van der Waals surface area contributed by atoms with Crippen molar-refractivity contribution in [3.05, 3.63) is 65.3 Å². The minimum Gasteiger partial charge on any atom is -0.381 e. The lowest BCUT2D eigenvalue weighted by Gasteiger charge is -2.23. The van der Waals surface area contributed by atoms with Crippen molar-refractivity contribution in [2.45, 2.75) is 25.3 Å². The molecule has 0 spiro atoms. The third-order valence-corrected chi connectivity index (χ3v) is 5.52. The van der Waals surface area contributed by atoms with Gasteiger partial charge in [0.1, 0.15) is 12.2 Å². The van der Waals surface area contributed by atoms with Crippen molar-refractivity contribution in [3.63, 3.8) is 0 Å². The minimum atomic E-state index is 0.327. The Bertz CT molecular complexity index is 1170. The van der Waals surface area contributed by atoms with Crippen LogP contribution in [0.5, 0.6) is 0 Å². The summed E-state index contributed by atoms with van der Waals surface area (Å²) in [7, 11) is 0. The third-order valence-electron chi connectivity index (χ3n) is 5.15. The summed E-state index contributed by atoms with van der Waals surface area (Å²) in [4.78, 5) is 13.5. The van der Waals surface area contributed by atoms with Crippen molar-refractivity contribution in [3.8, 4) is 11.4 Å². The Labute approximate surface area is 178 Å². The highest BCUT2D eigenvalue weighted by Crippen LogP contribution is 2.21. The summed E-state index contributed by atoms with van der Waals surface area (Å²) in [6.07, 6.45) is 5.94. The highest BCUT2D eigenvalue weighted by atomic mass is 35.5. The maximum absolute atomic E-state index is 6.28. The Morgan fingerprint density at radius 3 is 2.80 bits per heavy atom. The van der Waals surface area contributed by atoms with Crippen LogP contribution in [0.3, 0.4) is 0 Å². The van der Waals surface area contributed by atoms with Crippen LogP contribution in [-0.4, -0.2) is 48.8 Å². The number of nitrogens with zero attached hydrogens (tertiary/aromatic N) is 6. The molecule has 0 unspecified atom stereocenters. The largest absolute Gasteiger partial charge is 0.381 e. The van der Waals surface area contributed by atoms with Crippen LogP contribution in [0.1, 0.15) is 24.2 Å². The van der Waals surface area contributed by atoms with Crippen LogP contribution in [-0.2, 0) is 11.2 Å². The van der Waals surface area contributed by atoms with E-state index in [1.165, 1.54) is 0 Å². The molecule has 5 rings (SSSR count). The van der Waals surface area contributed by atoms with Gasteiger partial charge in [0.05, 0.1) is 11.4 Å². The number of hydrogen-bond donors (Lipinski definition) is 1. The predicted octanol–water partition coefficient (Wildman–Crippen LogP) is 3.42. The quantitative estimate of drug-likeness (QED) is 0.528. The standard InChI is InChI=1S/C21H20ClN7O/c22-16-4-2-1-3-14(16)11-19-27-28-20-12-18(24-13-29(19)20)17-5-8-23-21(26-17)25-15-6-9-30-10-7-15/h1-5,8,12-13,15H,6-7,9-11H2,(H,23,25,26). The smallest absolute Gasteiger partial charge is 0.223 e. The van der Waals surface area contributed by atoms with Crippen molar-refractivity contribution >= 4 is 23.2 Å². The van der Waals surface area contributed by atoms with Crippen molar-refractivity contribution in [2.75, 3.05) is 18.5 Å². The van der Waals surface area contributed by atoms with Crippen molar-refractivity contribution < 1.29 is 4.74 Å². The summed E-state index contributed by atoms with van der Waals surface area (Å²) < 4.78 is 7.27. The van der Waals surface area contributed by atoms with Crippen LogP contribution in [0.2, 0.25) is 5.02 Å². The molecule has 1 aromatic carbocycles. The molecule has 4 aromatic rings. The van der Waals surface area contributed by atoms with Gasteiger partial charge >= 0.3 is 0 Å². The Morgan fingerprint density at radius 1 is 1.07 bits per heavy atom. The zero-order valence-corrected chi connectivity index (χ0v) is 17.0. The van der Waals surface area contributed by atoms with Gasteiger partial charge in [0.15, 0.2) is 5.65 Å². The lowest BCUT2D eigenvalue weighted by atomic mass is 10.1. The molecule has 30 heavy (non-hydrogen) atoms. The van der Waals surface area contributed by atoms with Crippen LogP contribution < -0.4 is 5.32 Å². The minimum absolute atomic E-state index is 0.327. The Morgan fingerprint density at radius 2 is 1.93 bits per heavy atom. The molecule has 0 bridgehead atoms. The topological polar surface area (TPSA) is 90.1 Å². The number of aromatic nitrogens is 6. The zero-order valence-electron chi connectivity index (χ0n) is 16.2. The van der Waals surface area contributed by atoms with Crippen LogP contribution in [0, 0.1) is 0 Å². The van der Waals surface area contributed by atoms with E-state index in [-0.39, 0.29) is 0 Å². The number of nitrogens with one attached hydrogen (secondary N) is 1. The summed E-state index contributed by atoms with van der Waals surface area (Å²) >= 11 is 6.28. The van der Waals surface area contributed by atoms with Gasteiger partial charge in [-0.25, -0.2) is 15.0 Å². The number of anilines is 1. The Balaban J connectivity index is 1.39. The molecule has 1 N–H and O–H groups in total. The number of rotatable bonds is 5. The molecular formula is C21H20ClN7O. The SMILES string of the molecule is Clc1ccccc1Cc1nnc2cc(-c3ccnc(NC4CCOCC4)n3)ncn12. The molecular weight excluding hydrogens is 402 g/mol. The van der Waals surface area contributed by atoms with E-state index in [0.717, 1.165) is 48.8 Å². The molecule has 4 heterocycles. The van der Waals surface area contributed by atoms with Gasteiger partial charge in [-0.3, -0.25) is 4.40 Å². The van der Waals surface area contributed by atoms with E-state index in [0.29, 0.717) is 29.1 Å². The molecule has 0 saturated carbocycles. The lowest BCUT2D eigenvalue weighted by Crippen LogP contribution is -2.28. The van der Waals surface area contributed by atoms with Gasteiger partial charge in [0.25, 0.3) is 0 Å². The molecule has 1 aliphatic heterocycles. The molecule has 152 valence electrons. The molecule has 1 saturated heterocycles. The summed E-state index contributed by atoms with van der Waals surface area (Å²) in [5.74, 6) is 1.38. The molecule has 0 amide bonds. The van der Waals surface area contributed by atoms with Crippen molar-refractivity contribution in [2.24, 2.45) is 0 Å². The monoisotopic (exact) mass is 421 g/mol. The second-order valence-corrected chi connectivity index (χ2v) is 7.59. The van der Waals surface area contributed by atoms with Crippen LogP contribution >= 0.6 is 11.6 Å². The highest BCUT2D eigenvalue weighted by Gasteiger charge is 2.15. The average Bonchev–Trinajstić information content (AvgIpc) is 3.18. The first kappa shape index (κ1) is 18.9. The van der Waals surface area contributed by atoms with Crippen LogP contribution in [0.15, 0.2) is 48.9 Å². The van der Waals surface area contributed by atoms with E-state index in [1.807, 2.05) is 40.8 Å². The van der Waals surface area contributed by atoms with E-state index >= 15 is 0 Å². The molecule has 8 nitrogen and oxygen atoms in total. The summed E-state index contributed by atoms with van der Waals surface area (Å²) in [5, 5.41) is 12.7. The summed E-state index contributed by atoms with van der Waals surface area (Å²) in [6.45, 7) is 1.53. The number of hydrogen-bond acceptors (Lipinski definition) is 7. The molecule has 0 atom stereocenters. The fraction of sp³-hybridized carbons (Fsp3) is 0.286. The van der Waals surface area contributed by atoms with E-state index in [4.69, 9.17) is 16.3 Å². The third kappa shape index (κ3) is 3.96. The fourth-order valence-corrected chi connectivity index (χ4v) is 3.71. The molecule has 0 radical (unpaired) electrons. The first-order valence-electron chi connectivity index (χ1n) is 9.87. The van der Waals surface area contributed by atoms with Gasteiger partial charge in [0.2, 0.25) is 5.95 Å². The van der Waals surface area contributed by atoms with E-state index < -0.39 is 0 Å². The van der Waals surface area contributed by atoms with E-state index in [9.17, 15) is 0 Å². The predicted molar refractivity (Wildman–Crippen MR) is 114 cm³/mol. The Kier molecular flexibility index (Phi) is 5.25. The Hall–Kier alpha value is -3.10. The second-order valence-electron chi connectivity index (χ2n) is 7.18. The normalized spacial score (nSPS) is 14.8. The van der Waals surface area contributed by atoms with Gasteiger partial charge in [-0.1, -0.05) is 29.8 Å². The van der Waals surface area contributed by atoms with Gasteiger partial charge in [-0.2, -0.15) is 0 Å². The number of ether oxygens (including phenoxy) is 1. The van der Waals surface area contributed by atoms with Gasteiger partial charge < -0.3 is 10.1 Å². The number of benzene rings is 1. The van der Waals surface area contributed by atoms with Gasteiger partial charge in [0, 0.05) is 43.0 Å². The molecule has 1 fully saturated rings. The van der Waals surface area contributed by atoms with Crippen molar-refractivity contribution in [1.29, 1.82) is 0 Å². The van der Waals surface area contributed by atoms with E-state index in [2.05, 4.69) is 30.5 Å². The summed E-state index contributed by atoms with van der Waals surface area (Å²) in [5.41, 5.74) is 3.16. The average molecular weight is 422 g/mol. The van der Waals surface area contributed by atoms with Crippen molar-refractivity contribution in [1.82, 2.24) is 29.5 Å². The highest BCUT2D eigenvalue weighted by molar-refractivity contribution is 6.31. The molecule has 9 heteroatoms. The van der Waals surface area contributed by atoms with Crippen LogP contribution in [0.4, 0.5) is 5.95 Å². The number of halogens is 1. The van der Waals surface area contributed by atoms with Gasteiger partial charge in [-0.05, 0) is 30.5 Å². The second kappa shape index (κ2) is 8.33. The first-order valence-corrected chi connectivity index (χ1v) is 10.2. The zero-order chi connectivity index (χ0) is 20.3.